The van der Waals surface area contributed by atoms with Crippen LogP contribution in [0.1, 0.15) is 122 Å². The lowest BCUT2D eigenvalue weighted by molar-refractivity contribution is -0.162. The first-order valence-electron chi connectivity index (χ1n) is 18.2. The largest absolute Gasteiger partial charge is 0.480 e. The first-order valence-corrected chi connectivity index (χ1v) is 18.2. The highest BCUT2D eigenvalue weighted by molar-refractivity contribution is 5.78. The second-order valence-corrected chi connectivity index (χ2v) is 15.1. The third-order valence-electron chi connectivity index (χ3n) is 8.43. The van der Waals surface area contributed by atoms with Crippen molar-refractivity contribution >= 4 is 17.9 Å². The van der Waals surface area contributed by atoms with Crippen molar-refractivity contribution in [3.63, 3.8) is 0 Å². The number of carbonyl (C=O) groups excluding carboxylic acids is 2. The number of benzene rings is 3. The summed E-state index contributed by atoms with van der Waals surface area (Å²) in [5.41, 5.74) is 7.52. The summed E-state index contributed by atoms with van der Waals surface area (Å²) in [5, 5.41) is 9.34. The zero-order valence-corrected chi connectivity index (χ0v) is 31.4. The predicted octanol–water partition coefficient (Wildman–Crippen LogP) is 8.52. The molecular weight excluding hydrogens is 654 g/mol. The number of likely N-dealkylation sites (tertiary alicyclic amines) is 2. The van der Waals surface area contributed by atoms with E-state index in [1.165, 1.54) is 12.8 Å². The van der Waals surface area contributed by atoms with Crippen LogP contribution in [0.15, 0.2) is 91.0 Å². The van der Waals surface area contributed by atoms with E-state index in [2.05, 4.69) is 9.80 Å². The molecule has 0 amide bonds. The summed E-state index contributed by atoms with van der Waals surface area (Å²) in [4.78, 5) is 39.9. The topological polar surface area (TPSA) is 122 Å². The lowest BCUT2D eigenvalue weighted by atomic mass is 10.0. The number of esters is 2. The van der Waals surface area contributed by atoms with Gasteiger partial charge in [0.05, 0.1) is 0 Å². The van der Waals surface area contributed by atoms with Crippen molar-refractivity contribution in [2.45, 2.75) is 117 Å². The smallest absolute Gasteiger partial charge is 0.328 e. The van der Waals surface area contributed by atoms with Crippen LogP contribution in [0.2, 0.25) is 0 Å². The average Bonchev–Trinajstić information content (AvgIpc) is 3.09. The quantitative estimate of drug-likeness (QED) is 0.221. The van der Waals surface area contributed by atoms with E-state index in [1.54, 1.807) is 0 Å². The lowest BCUT2D eigenvalue weighted by Gasteiger charge is -2.35. The number of nitrogens with zero attached hydrogens (tertiary/aromatic N) is 2. The molecule has 52 heavy (non-hydrogen) atoms. The fourth-order valence-electron chi connectivity index (χ4n) is 6.15. The number of hydrogen-bond acceptors (Lipinski definition) is 8. The standard InChI is InChI=1S/C17H25NO2.C13H17NO2.C12H17NO2.CH4/c1-17(2,3)20-16(19)15(14-10-6-4-7-11-14)18-12-8-5-9-13-18;15-13(16)12(11-7-3-1-4-8-11)14-9-5-2-6-10-14;1-12(2,3)15-11(14)10(13)9-7-5-4-6-8-9;/h4,6-7,10-11,15H,5,8-9,12-13H2,1-3H3;1,3-4,7-8,12H,2,5-6,9-10H2,(H,15,16);4-8,10H,13H2,1-3H3;1H4/t15-;12-;10-;/m110./s1. The Balaban J connectivity index is 0.000000271. The van der Waals surface area contributed by atoms with E-state index in [0.717, 1.165) is 68.6 Å². The molecule has 5 rings (SSSR count). The first kappa shape index (κ1) is 44.1. The number of ether oxygens (including phenoxy) is 2. The SMILES string of the molecule is C.CC(C)(C)OC(=O)[C@@H](N)c1ccccc1.CC(C)(C)OC(=O)[C@@H](c1ccccc1)N1CCCCC1.O=C(O)[C@@H](c1ccccc1)N1CCCCC1. The van der Waals surface area contributed by atoms with Crippen molar-refractivity contribution in [3.05, 3.63) is 108 Å². The molecule has 0 saturated carbocycles. The summed E-state index contributed by atoms with van der Waals surface area (Å²) >= 11 is 0. The highest BCUT2D eigenvalue weighted by Crippen LogP contribution is 2.28. The molecule has 0 bridgehead atoms. The molecule has 9 heteroatoms. The molecule has 2 saturated heterocycles. The Bertz CT molecular complexity index is 1460. The van der Waals surface area contributed by atoms with Gasteiger partial charge in [-0.3, -0.25) is 14.6 Å². The molecule has 3 aromatic rings. The van der Waals surface area contributed by atoms with Gasteiger partial charge in [0.25, 0.3) is 0 Å². The molecule has 3 N–H and O–H groups in total. The molecule has 0 unspecified atom stereocenters. The minimum Gasteiger partial charge on any atom is -0.480 e. The normalized spacial score (nSPS) is 16.9. The molecule has 3 aromatic carbocycles. The van der Waals surface area contributed by atoms with Crippen molar-refractivity contribution < 1.29 is 29.0 Å². The van der Waals surface area contributed by atoms with Crippen LogP contribution >= 0.6 is 0 Å². The minimum atomic E-state index is -0.742. The third-order valence-corrected chi connectivity index (χ3v) is 8.43. The van der Waals surface area contributed by atoms with Crippen LogP contribution < -0.4 is 5.73 Å². The molecule has 0 spiro atoms. The summed E-state index contributed by atoms with van der Waals surface area (Å²) < 4.78 is 10.8. The fraction of sp³-hybridized carbons (Fsp3) is 0.512. The van der Waals surface area contributed by atoms with Gasteiger partial charge in [-0.15, -0.1) is 0 Å². The van der Waals surface area contributed by atoms with Gasteiger partial charge in [-0.25, -0.2) is 9.59 Å². The van der Waals surface area contributed by atoms with Gasteiger partial charge >= 0.3 is 17.9 Å². The fourth-order valence-corrected chi connectivity index (χ4v) is 6.15. The maximum absolute atomic E-state index is 12.6. The Hall–Kier alpha value is -4.05. The van der Waals surface area contributed by atoms with Crippen LogP contribution in [-0.4, -0.2) is 70.2 Å². The van der Waals surface area contributed by atoms with Gasteiger partial charge in [0.2, 0.25) is 0 Å². The van der Waals surface area contributed by atoms with E-state index in [-0.39, 0.29) is 19.4 Å². The van der Waals surface area contributed by atoms with Gasteiger partial charge in [-0.2, -0.15) is 0 Å². The van der Waals surface area contributed by atoms with E-state index in [0.29, 0.717) is 0 Å². The van der Waals surface area contributed by atoms with Gasteiger partial charge in [0.1, 0.15) is 29.3 Å². The van der Waals surface area contributed by atoms with E-state index in [9.17, 15) is 19.5 Å². The number of carbonyl (C=O) groups is 3. The number of nitrogens with two attached hydrogens (primary N) is 1. The van der Waals surface area contributed by atoms with Crippen LogP contribution in [0.3, 0.4) is 0 Å². The highest BCUT2D eigenvalue weighted by Gasteiger charge is 2.32. The highest BCUT2D eigenvalue weighted by atomic mass is 16.6. The summed E-state index contributed by atoms with van der Waals surface area (Å²) in [5.74, 6) is -1.27. The Morgan fingerprint density at radius 3 is 1.25 bits per heavy atom. The summed E-state index contributed by atoms with van der Waals surface area (Å²) in [7, 11) is 0. The van der Waals surface area contributed by atoms with E-state index in [4.69, 9.17) is 15.2 Å². The van der Waals surface area contributed by atoms with E-state index in [1.807, 2.05) is 133 Å². The van der Waals surface area contributed by atoms with Crippen molar-refractivity contribution in [2.75, 3.05) is 26.2 Å². The summed E-state index contributed by atoms with van der Waals surface area (Å²) in [6.45, 7) is 15.0. The Morgan fingerprint density at radius 2 is 0.885 bits per heavy atom. The zero-order chi connectivity index (χ0) is 37.4. The van der Waals surface area contributed by atoms with Crippen LogP contribution in [-0.2, 0) is 23.9 Å². The van der Waals surface area contributed by atoms with Gasteiger partial charge < -0.3 is 20.3 Å². The average molecular weight is 718 g/mol. The van der Waals surface area contributed by atoms with Crippen molar-refractivity contribution in [3.8, 4) is 0 Å². The first-order chi connectivity index (χ1) is 24.2. The number of carboxylic acids is 1. The molecule has 0 aromatic heterocycles. The maximum atomic E-state index is 12.6. The molecule has 286 valence electrons. The minimum absolute atomic E-state index is 0. The summed E-state index contributed by atoms with van der Waals surface area (Å²) in [6.07, 6.45) is 7.01. The lowest BCUT2D eigenvalue weighted by Crippen LogP contribution is -2.40. The number of carboxylic acid groups (broad SMARTS) is 1. The number of aliphatic carboxylic acids is 1. The molecule has 2 fully saturated rings. The third kappa shape index (κ3) is 15.3. The van der Waals surface area contributed by atoms with Gasteiger partial charge in [-0.1, -0.05) is 111 Å². The van der Waals surface area contributed by atoms with Crippen LogP contribution in [0.4, 0.5) is 0 Å². The monoisotopic (exact) mass is 717 g/mol. The molecule has 3 atom stereocenters. The predicted molar refractivity (Wildman–Crippen MR) is 209 cm³/mol. The van der Waals surface area contributed by atoms with Crippen molar-refractivity contribution in [2.24, 2.45) is 5.73 Å². The molecule has 2 aliphatic heterocycles. The molecule has 2 aliphatic rings. The second-order valence-electron chi connectivity index (χ2n) is 15.1. The van der Waals surface area contributed by atoms with Gasteiger partial charge in [0.15, 0.2) is 0 Å². The zero-order valence-electron chi connectivity index (χ0n) is 31.4. The molecular formula is C43H63N3O6. The van der Waals surface area contributed by atoms with Gasteiger partial charge in [0, 0.05) is 0 Å². The Labute approximate surface area is 312 Å². The van der Waals surface area contributed by atoms with E-state index < -0.39 is 35.2 Å². The molecule has 2 heterocycles. The number of hydrogen-bond donors (Lipinski definition) is 2. The second kappa shape index (κ2) is 21.5. The molecule has 9 nitrogen and oxygen atoms in total. The number of piperidine rings is 2. The van der Waals surface area contributed by atoms with E-state index >= 15 is 0 Å². The van der Waals surface area contributed by atoms with Crippen LogP contribution in [0.25, 0.3) is 0 Å². The van der Waals surface area contributed by atoms with Crippen molar-refractivity contribution in [1.82, 2.24) is 9.80 Å². The van der Waals surface area contributed by atoms with Crippen molar-refractivity contribution in [1.29, 1.82) is 0 Å². The molecule has 0 aliphatic carbocycles. The molecule has 0 radical (unpaired) electrons. The number of rotatable bonds is 8. The Kier molecular flexibility index (Phi) is 18.2. The maximum Gasteiger partial charge on any atom is 0.328 e. The van der Waals surface area contributed by atoms with Crippen LogP contribution in [0, 0.1) is 0 Å². The van der Waals surface area contributed by atoms with Crippen LogP contribution in [0.5, 0.6) is 0 Å². The Morgan fingerprint density at radius 1 is 0.558 bits per heavy atom. The van der Waals surface area contributed by atoms with Gasteiger partial charge in [-0.05, 0) is 110 Å². The summed E-state index contributed by atoms with van der Waals surface area (Å²) in [6, 6.07) is 27.2.